The average Bonchev–Trinajstić information content (AvgIpc) is 2.82. The van der Waals surface area contributed by atoms with Gasteiger partial charge in [-0.2, -0.15) is 0 Å². The molecule has 0 bridgehead atoms. The number of rotatable bonds is 8. The number of nitrogens with zero attached hydrogens (tertiary/aromatic N) is 3. The summed E-state index contributed by atoms with van der Waals surface area (Å²) in [6, 6.07) is 18.2. The third kappa shape index (κ3) is 6.31. The third-order valence-corrected chi connectivity index (χ3v) is 5.84. The number of hydrogen-bond acceptors (Lipinski definition) is 5. The molecular formula is C25H33N3O3. The molecule has 0 N–H and O–H groups in total. The lowest BCUT2D eigenvalue weighted by molar-refractivity contribution is -0.140. The highest BCUT2D eigenvalue weighted by atomic mass is 16.5. The van der Waals surface area contributed by atoms with Gasteiger partial charge in [-0.3, -0.25) is 14.5 Å². The summed E-state index contributed by atoms with van der Waals surface area (Å²) >= 11 is 0. The van der Waals surface area contributed by atoms with Crippen LogP contribution in [0.3, 0.4) is 0 Å². The normalized spacial score (nSPS) is 14.5. The highest BCUT2D eigenvalue weighted by Crippen LogP contribution is 2.20. The van der Waals surface area contributed by atoms with Crippen molar-refractivity contribution in [3.05, 3.63) is 65.7 Å². The van der Waals surface area contributed by atoms with E-state index in [0.29, 0.717) is 24.7 Å². The number of anilines is 1. The van der Waals surface area contributed by atoms with Gasteiger partial charge in [-0.1, -0.05) is 30.3 Å². The van der Waals surface area contributed by atoms with E-state index < -0.39 is 0 Å². The smallest absolute Gasteiger partial charge is 0.307 e. The maximum Gasteiger partial charge on any atom is 0.307 e. The minimum absolute atomic E-state index is 0.0797. The lowest BCUT2D eigenvalue weighted by Crippen LogP contribution is -2.48. The first-order chi connectivity index (χ1) is 15.0. The van der Waals surface area contributed by atoms with Gasteiger partial charge in [0.25, 0.3) is 5.91 Å². The number of hydrogen-bond donors (Lipinski definition) is 0. The van der Waals surface area contributed by atoms with Crippen LogP contribution in [0.4, 0.5) is 5.69 Å². The Kier molecular flexibility index (Phi) is 8.06. The van der Waals surface area contributed by atoms with E-state index in [4.69, 9.17) is 4.74 Å². The van der Waals surface area contributed by atoms with Crippen LogP contribution < -0.4 is 4.90 Å². The molecule has 1 fully saturated rings. The molecule has 1 aliphatic rings. The number of carbonyl (C=O) groups is 2. The second-order valence-electron chi connectivity index (χ2n) is 8.20. The first-order valence-corrected chi connectivity index (χ1v) is 11.0. The molecule has 0 saturated carbocycles. The van der Waals surface area contributed by atoms with Crippen molar-refractivity contribution in [1.29, 1.82) is 0 Å². The zero-order chi connectivity index (χ0) is 22.2. The highest BCUT2D eigenvalue weighted by Gasteiger charge is 2.21. The number of piperazine rings is 1. The van der Waals surface area contributed by atoms with Gasteiger partial charge >= 0.3 is 5.97 Å². The van der Waals surface area contributed by atoms with Crippen LogP contribution in [0.25, 0.3) is 0 Å². The molecule has 1 aliphatic heterocycles. The van der Waals surface area contributed by atoms with Gasteiger partial charge in [0.1, 0.15) is 0 Å². The molecule has 3 rings (SSSR count). The summed E-state index contributed by atoms with van der Waals surface area (Å²) in [5, 5.41) is 0. The molecule has 2 aromatic carbocycles. The van der Waals surface area contributed by atoms with Crippen LogP contribution in [0.2, 0.25) is 0 Å². The van der Waals surface area contributed by atoms with Crippen LogP contribution >= 0.6 is 0 Å². The predicted molar refractivity (Wildman–Crippen MR) is 123 cm³/mol. The Morgan fingerprint density at radius 1 is 0.968 bits per heavy atom. The fraction of sp³-hybridized carbons (Fsp3) is 0.440. The SMILES string of the molecule is COC(=O)CCN(Cc1ccccc1)C(=O)c1ccc(N2CCN(C(C)C)CC2)cc1. The van der Waals surface area contributed by atoms with E-state index in [1.165, 1.54) is 7.11 Å². The van der Waals surface area contributed by atoms with E-state index >= 15 is 0 Å². The molecule has 0 aromatic heterocycles. The van der Waals surface area contributed by atoms with Gasteiger partial charge in [0.2, 0.25) is 0 Å². The highest BCUT2D eigenvalue weighted by molar-refractivity contribution is 5.94. The minimum Gasteiger partial charge on any atom is -0.469 e. The van der Waals surface area contributed by atoms with Crippen molar-refractivity contribution >= 4 is 17.6 Å². The Morgan fingerprint density at radius 2 is 1.61 bits per heavy atom. The quantitative estimate of drug-likeness (QED) is 0.609. The molecule has 31 heavy (non-hydrogen) atoms. The van der Waals surface area contributed by atoms with Crippen LogP contribution in [-0.2, 0) is 16.1 Å². The molecule has 0 unspecified atom stereocenters. The number of benzene rings is 2. The maximum absolute atomic E-state index is 13.2. The number of carbonyl (C=O) groups excluding carboxylic acids is 2. The standard InChI is InChI=1S/C25H33N3O3/c1-20(2)26-15-17-27(18-16-26)23-11-9-22(10-12-23)25(30)28(14-13-24(29)31-3)19-21-7-5-4-6-8-21/h4-12,20H,13-19H2,1-3H3. The summed E-state index contributed by atoms with van der Waals surface area (Å²) in [4.78, 5) is 31.4. The summed E-state index contributed by atoms with van der Waals surface area (Å²) < 4.78 is 4.76. The Balaban J connectivity index is 1.68. The molecule has 1 amide bonds. The van der Waals surface area contributed by atoms with Gasteiger partial charge in [0.15, 0.2) is 0 Å². The lowest BCUT2D eigenvalue weighted by atomic mass is 10.1. The van der Waals surface area contributed by atoms with E-state index in [0.717, 1.165) is 37.4 Å². The van der Waals surface area contributed by atoms with Crippen molar-refractivity contribution in [2.45, 2.75) is 32.9 Å². The van der Waals surface area contributed by atoms with Gasteiger partial charge < -0.3 is 14.5 Å². The second-order valence-corrected chi connectivity index (χ2v) is 8.20. The number of ether oxygens (including phenoxy) is 1. The van der Waals surface area contributed by atoms with Gasteiger partial charge in [-0.25, -0.2) is 0 Å². The molecule has 2 aromatic rings. The Morgan fingerprint density at radius 3 is 2.19 bits per heavy atom. The van der Waals surface area contributed by atoms with E-state index in [1.54, 1.807) is 4.90 Å². The van der Waals surface area contributed by atoms with Crippen molar-refractivity contribution in [1.82, 2.24) is 9.80 Å². The van der Waals surface area contributed by atoms with Crippen LogP contribution in [0.15, 0.2) is 54.6 Å². The lowest BCUT2D eigenvalue weighted by Gasteiger charge is -2.38. The molecule has 0 atom stereocenters. The molecule has 1 saturated heterocycles. The van der Waals surface area contributed by atoms with Crippen LogP contribution in [0.1, 0.15) is 36.2 Å². The maximum atomic E-state index is 13.2. The van der Waals surface area contributed by atoms with Crippen molar-refractivity contribution in [2.75, 3.05) is 44.7 Å². The van der Waals surface area contributed by atoms with E-state index in [9.17, 15) is 9.59 Å². The van der Waals surface area contributed by atoms with Crippen molar-refractivity contribution in [2.24, 2.45) is 0 Å². The number of amides is 1. The monoisotopic (exact) mass is 423 g/mol. The summed E-state index contributed by atoms with van der Waals surface area (Å²) in [5.74, 6) is -0.398. The Labute approximate surface area is 185 Å². The largest absolute Gasteiger partial charge is 0.469 e. The van der Waals surface area contributed by atoms with Crippen molar-refractivity contribution < 1.29 is 14.3 Å². The van der Waals surface area contributed by atoms with Crippen molar-refractivity contribution in [3.8, 4) is 0 Å². The minimum atomic E-state index is -0.318. The van der Waals surface area contributed by atoms with E-state index in [1.807, 2.05) is 54.6 Å². The summed E-state index contributed by atoms with van der Waals surface area (Å²) in [6.45, 7) is 9.33. The number of methoxy groups -OCH3 is 1. The van der Waals surface area contributed by atoms with Crippen LogP contribution in [0, 0.1) is 0 Å². The number of esters is 1. The van der Waals surface area contributed by atoms with E-state index in [-0.39, 0.29) is 18.3 Å². The van der Waals surface area contributed by atoms with Crippen LogP contribution in [0.5, 0.6) is 0 Å². The zero-order valence-electron chi connectivity index (χ0n) is 18.8. The zero-order valence-corrected chi connectivity index (χ0v) is 18.8. The molecule has 1 heterocycles. The summed E-state index contributed by atoms with van der Waals surface area (Å²) in [5.41, 5.74) is 2.80. The first-order valence-electron chi connectivity index (χ1n) is 11.0. The Hall–Kier alpha value is -2.86. The van der Waals surface area contributed by atoms with Gasteiger partial charge in [0.05, 0.1) is 13.5 Å². The van der Waals surface area contributed by atoms with Crippen molar-refractivity contribution in [3.63, 3.8) is 0 Å². The topological polar surface area (TPSA) is 53.1 Å². The Bertz CT molecular complexity index is 844. The second kappa shape index (κ2) is 11.0. The molecule has 0 aliphatic carbocycles. The molecule has 0 radical (unpaired) electrons. The summed E-state index contributed by atoms with van der Waals surface area (Å²) in [6.07, 6.45) is 0.174. The molecule has 6 nitrogen and oxygen atoms in total. The molecule has 0 spiro atoms. The molecule has 6 heteroatoms. The van der Waals surface area contributed by atoms with Crippen LogP contribution in [-0.4, -0.2) is 67.6 Å². The third-order valence-electron chi connectivity index (χ3n) is 5.84. The van der Waals surface area contributed by atoms with Gasteiger partial charge in [0, 0.05) is 56.6 Å². The molecule has 166 valence electrons. The molecular weight excluding hydrogens is 390 g/mol. The van der Waals surface area contributed by atoms with E-state index in [2.05, 4.69) is 23.6 Å². The predicted octanol–water partition coefficient (Wildman–Crippen LogP) is 3.42. The first kappa shape index (κ1) is 22.8. The fourth-order valence-electron chi connectivity index (χ4n) is 3.88. The fourth-order valence-corrected chi connectivity index (χ4v) is 3.88. The van der Waals surface area contributed by atoms with Gasteiger partial charge in [-0.15, -0.1) is 0 Å². The summed E-state index contributed by atoms with van der Waals surface area (Å²) in [7, 11) is 1.37. The average molecular weight is 424 g/mol. The van der Waals surface area contributed by atoms with Gasteiger partial charge in [-0.05, 0) is 43.7 Å².